The number of carbonyl (C=O) groups excluding carboxylic acids is 1. The highest BCUT2D eigenvalue weighted by atomic mass is 16.5. The summed E-state index contributed by atoms with van der Waals surface area (Å²) in [5, 5.41) is 4.75. The van der Waals surface area contributed by atoms with Crippen molar-refractivity contribution in [1.29, 1.82) is 0 Å². The number of hydrogen-bond donors (Lipinski definition) is 0. The fourth-order valence-corrected chi connectivity index (χ4v) is 4.50. The fourth-order valence-electron chi connectivity index (χ4n) is 4.50. The van der Waals surface area contributed by atoms with Gasteiger partial charge in [0.2, 0.25) is 0 Å². The van der Waals surface area contributed by atoms with Crippen molar-refractivity contribution in [2.24, 2.45) is 0 Å². The molecule has 1 atom stereocenters. The van der Waals surface area contributed by atoms with Crippen LogP contribution >= 0.6 is 0 Å². The van der Waals surface area contributed by atoms with Crippen LogP contribution in [0.1, 0.15) is 45.7 Å². The highest BCUT2D eigenvalue weighted by Gasteiger charge is 2.31. The molecule has 0 spiro atoms. The van der Waals surface area contributed by atoms with E-state index in [0.29, 0.717) is 18.7 Å². The zero-order valence-corrected chi connectivity index (χ0v) is 19.9. The van der Waals surface area contributed by atoms with Crippen molar-refractivity contribution in [1.82, 2.24) is 19.7 Å². The molecule has 0 radical (unpaired) electrons. The molecule has 8 heteroatoms. The summed E-state index contributed by atoms with van der Waals surface area (Å²) in [6, 6.07) is 13.8. The third-order valence-electron chi connectivity index (χ3n) is 6.33. The summed E-state index contributed by atoms with van der Waals surface area (Å²) in [5.74, 6) is 1.12. The predicted molar refractivity (Wildman–Crippen MR) is 130 cm³/mol. The highest BCUT2D eigenvalue weighted by molar-refractivity contribution is 5.92. The van der Waals surface area contributed by atoms with Crippen LogP contribution in [0.15, 0.2) is 61.2 Å². The topological polar surface area (TPSA) is 88.4 Å². The Morgan fingerprint density at radius 2 is 1.89 bits per heavy atom. The maximum Gasteiger partial charge on any atom is 0.358 e. The average molecular weight is 471 g/mol. The molecule has 8 nitrogen and oxygen atoms in total. The largest absolute Gasteiger partial charge is 0.497 e. The molecule has 1 aliphatic rings. The first kappa shape index (κ1) is 22.6. The number of esters is 1. The quantitative estimate of drug-likeness (QED) is 0.369. The standard InChI is InChI=1S/C27H26N4O4/c1-17(19-5-4-6-21(11-19)33-2)31-26-23-10-8-22(35-15-18-13-28-16-29-14-18)12-20(23)7-9-24(26)25(30-31)27(32)34-3/h4-6,8,10-14,16-17H,7,9,15H2,1-3H3. The monoisotopic (exact) mass is 470 g/mol. The summed E-state index contributed by atoms with van der Waals surface area (Å²) in [6.07, 6.45) is 6.44. The van der Waals surface area contributed by atoms with Crippen LogP contribution in [0.3, 0.4) is 0 Å². The molecular formula is C27H26N4O4. The van der Waals surface area contributed by atoms with Gasteiger partial charge in [-0.15, -0.1) is 0 Å². The van der Waals surface area contributed by atoms with Gasteiger partial charge < -0.3 is 14.2 Å². The van der Waals surface area contributed by atoms with E-state index in [-0.39, 0.29) is 6.04 Å². The van der Waals surface area contributed by atoms with E-state index in [2.05, 4.69) is 23.0 Å². The van der Waals surface area contributed by atoms with Gasteiger partial charge in [0.25, 0.3) is 0 Å². The summed E-state index contributed by atoms with van der Waals surface area (Å²) < 4.78 is 18.4. The Morgan fingerprint density at radius 1 is 1.06 bits per heavy atom. The lowest BCUT2D eigenvalue weighted by Gasteiger charge is -2.23. The second-order valence-electron chi connectivity index (χ2n) is 8.42. The zero-order valence-electron chi connectivity index (χ0n) is 19.9. The van der Waals surface area contributed by atoms with Crippen molar-refractivity contribution in [2.75, 3.05) is 14.2 Å². The molecule has 0 saturated carbocycles. The van der Waals surface area contributed by atoms with Crippen LogP contribution in [0.2, 0.25) is 0 Å². The van der Waals surface area contributed by atoms with Crippen molar-refractivity contribution in [3.63, 3.8) is 0 Å². The first-order valence-corrected chi connectivity index (χ1v) is 11.4. The molecule has 0 fully saturated rings. The highest BCUT2D eigenvalue weighted by Crippen LogP contribution is 2.40. The number of ether oxygens (including phenoxy) is 3. The molecule has 1 unspecified atom stereocenters. The van der Waals surface area contributed by atoms with Gasteiger partial charge in [0.1, 0.15) is 24.4 Å². The Kier molecular flexibility index (Phi) is 6.18. The van der Waals surface area contributed by atoms with Gasteiger partial charge in [0.05, 0.1) is 26.0 Å². The number of fused-ring (bicyclic) bond motifs is 3. The lowest BCUT2D eigenvalue weighted by Crippen LogP contribution is -2.13. The first-order valence-electron chi connectivity index (χ1n) is 11.4. The first-order chi connectivity index (χ1) is 17.1. The van der Waals surface area contributed by atoms with E-state index in [1.165, 1.54) is 13.4 Å². The molecule has 0 aliphatic heterocycles. The second kappa shape index (κ2) is 9.58. The zero-order chi connectivity index (χ0) is 24.4. The van der Waals surface area contributed by atoms with Crippen LogP contribution in [0.25, 0.3) is 11.3 Å². The van der Waals surface area contributed by atoms with Crippen molar-refractivity contribution in [3.8, 4) is 22.8 Å². The third-order valence-corrected chi connectivity index (χ3v) is 6.33. The van der Waals surface area contributed by atoms with Gasteiger partial charge >= 0.3 is 5.97 Å². The van der Waals surface area contributed by atoms with E-state index < -0.39 is 5.97 Å². The van der Waals surface area contributed by atoms with Gasteiger partial charge in [-0.1, -0.05) is 12.1 Å². The van der Waals surface area contributed by atoms with Gasteiger partial charge in [0, 0.05) is 29.1 Å². The molecule has 4 aromatic rings. The van der Waals surface area contributed by atoms with E-state index in [9.17, 15) is 4.79 Å². The molecule has 0 N–H and O–H groups in total. The maximum absolute atomic E-state index is 12.6. The van der Waals surface area contributed by atoms with Gasteiger partial charge in [-0.05, 0) is 61.2 Å². The SMILES string of the molecule is COC(=O)c1nn(C(C)c2cccc(OC)c2)c2c1CCc1cc(OCc3cncnc3)ccc1-2. The molecule has 1 aliphatic carbocycles. The summed E-state index contributed by atoms with van der Waals surface area (Å²) in [4.78, 5) is 20.7. The Hall–Kier alpha value is -4.20. The van der Waals surface area contributed by atoms with Gasteiger partial charge in [-0.3, -0.25) is 4.68 Å². The molecule has 5 rings (SSSR count). The number of aryl methyl sites for hydroxylation is 1. The second-order valence-corrected chi connectivity index (χ2v) is 8.42. The maximum atomic E-state index is 12.6. The van der Waals surface area contributed by atoms with Crippen molar-refractivity contribution in [2.45, 2.75) is 32.4 Å². The lowest BCUT2D eigenvalue weighted by atomic mass is 9.88. The molecule has 2 heterocycles. The normalized spacial score (nSPS) is 12.9. The number of methoxy groups -OCH3 is 2. The van der Waals surface area contributed by atoms with E-state index in [1.54, 1.807) is 19.5 Å². The summed E-state index contributed by atoms with van der Waals surface area (Å²) in [7, 11) is 3.03. The summed E-state index contributed by atoms with van der Waals surface area (Å²) >= 11 is 0. The van der Waals surface area contributed by atoms with E-state index in [0.717, 1.165) is 51.4 Å². The van der Waals surface area contributed by atoms with Gasteiger partial charge in [-0.25, -0.2) is 14.8 Å². The van der Waals surface area contributed by atoms with E-state index in [1.807, 2.05) is 41.1 Å². The Labute approximate surface area is 203 Å². The summed E-state index contributed by atoms with van der Waals surface area (Å²) in [6.45, 7) is 2.46. The number of carbonyl (C=O) groups is 1. The molecule has 2 aromatic carbocycles. The van der Waals surface area contributed by atoms with Crippen LogP contribution < -0.4 is 9.47 Å². The van der Waals surface area contributed by atoms with Gasteiger partial charge in [-0.2, -0.15) is 5.10 Å². The third kappa shape index (κ3) is 4.35. The molecule has 35 heavy (non-hydrogen) atoms. The minimum atomic E-state index is -0.425. The summed E-state index contributed by atoms with van der Waals surface area (Å²) in [5.41, 5.74) is 6.34. The molecule has 0 amide bonds. The van der Waals surface area contributed by atoms with E-state index >= 15 is 0 Å². The van der Waals surface area contributed by atoms with Gasteiger partial charge in [0.15, 0.2) is 5.69 Å². The molecule has 178 valence electrons. The number of benzene rings is 2. The molecule has 0 bridgehead atoms. The number of rotatable bonds is 7. The van der Waals surface area contributed by atoms with E-state index in [4.69, 9.17) is 19.3 Å². The predicted octanol–water partition coefficient (Wildman–Crippen LogP) is 4.42. The number of aromatic nitrogens is 4. The molecule has 0 saturated heterocycles. The van der Waals surface area contributed by atoms with Crippen LogP contribution in [0, 0.1) is 0 Å². The fraction of sp³-hybridized carbons (Fsp3) is 0.259. The smallest absolute Gasteiger partial charge is 0.358 e. The van der Waals surface area contributed by atoms with Crippen LogP contribution in [-0.4, -0.2) is 39.9 Å². The molecule has 2 aromatic heterocycles. The Morgan fingerprint density at radius 3 is 2.66 bits per heavy atom. The Bertz CT molecular complexity index is 1370. The Balaban J connectivity index is 1.54. The average Bonchev–Trinajstić information content (AvgIpc) is 3.31. The van der Waals surface area contributed by atoms with Crippen molar-refractivity contribution < 1.29 is 19.0 Å². The van der Waals surface area contributed by atoms with Crippen LogP contribution in [0.4, 0.5) is 0 Å². The minimum Gasteiger partial charge on any atom is -0.497 e. The van der Waals surface area contributed by atoms with Crippen molar-refractivity contribution >= 4 is 5.97 Å². The number of hydrogen-bond acceptors (Lipinski definition) is 7. The lowest BCUT2D eigenvalue weighted by molar-refractivity contribution is 0.0591. The van der Waals surface area contributed by atoms with Crippen LogP contribution in [-0.2, 0) is 24.2 Å². The van der Waals surface area contributed by atoms with Crippen molar-refractivity contribution in [3.05, 3.63) is 89.1 Å². The van der Waals surface area contributed by atoms with Crippen LogP contribution in [0.5, 0.6) is 11.5 Å². The number of nitrogens with zero attached hydrogens (tertiary/aromatic N) is 4. The molecular weight excluding hydrogens is 444 g/mol. The minimum absolute atomic E-state index is 0.128.